The Morgan fingerprint density at radius 3 is 0.918 bits per heavy atom. The van der Waals surface area contributed by atoms with Gasteiger partial charge in [0.05, 0.1) is 71.5 Å². The normalized spacial score (nSPS) is 12.2. The molecule has 3 aliphatic carbocycles. The summed E-state index contributed by atoms with van der Waals surface area (Å²) in [6.45, 7) is 0. The van der Waals surface area contributed by atoms with Gasteiger partial charge in [0.2, 0.25) is 5.95 Å². The monoisotopic (exact) mass is 1870 g/mol. The lowest BCUT2D eigenvalue weighted by Crippen LogP contribution is -2.09. The minimum Gasteiger partial charge on any atom is -0.455 e. The third-order valence-electron chi connectivity index (χ3n) is 30.9. The average molecular weight is 1870 g/mol. The summed E-state index contributed by atoms with van der Waals surface area (Å²) in [7, 11) is 0. The molecule has 11 heteroatoms. The molecular formula is C136H78N8O3. The topological polar surface area (TPSA) is 109 Å². The fraction of sp³-hybridized carbons (Fsp3) is 0. The number of aromatic nitrogens is 7. The van der Waals surface area contributed by atoms with Crippen molar-refractivity contribution in [3.8, 4) is 118 Å². The summed E-state index contributed by atoms with van der Waals surface area (Å²) in [6.07, 6.45) is 0. The molecule has 0 radical (unpaired) electrons. The maximum atomic E-state index is 6.81. The van der Waals surface area contributed by atoms with E-state index in [1.165, 1.54) is 137 Å². The van der Waals surface area contributed by atoms with Crippen LogP contribution in [0.15, 0.2) is 486 Å². The minimum absolute atomic E-state index is 0.645. The number of hydrogen-bond acceptors (Lipinski definition) is 8. The number of anilines is 3. The first-order valence-corrected chi connectivity index (χ1v) is 50.1. The lowest BCUT2D eigenvalue weighted by atomic mass is 9.92. The number of hydrogen-bond donors (Lipinski definition) is 0. The Kier molecular flexibility index (Phi) is 17.2. The van der Waals surface area contributed by atoms with Gasteiger partial charge in [-0.05, 0) is 181 Å². The van der Waals surface area contributed by atoms with Gasteiger partial charge in [-0.15, -0.1) is 0 Å². The first-order chi connectivity index (χ1) is 73.0. The van der Waals surface area contributed by atoms with Gasteiger partial charge in [0.1, 0.15) is 39.2 Å². The number of rotatable bonds is 9. The Hall–Kier alpha value is -19.9. The molecule has 147 heavy (non-hydrogen) atoms. The van der Waals surface area contributed by atoms with Gasteiger partial charge in [0, 0.05) is 120 Å². The van der Waals surface area contributed by atoms with Crippen molar-refractivity contribution in [1.29, 1.82) is 0 Å². The lowest BCUT2D eigenvalue weighted by molar-refractivity contribution is 0.672. The molecule has 0 unspecified atom stereocenters. The predicted octanol–water partition coefficient (Wildman–Crippen LogP) is 36.8. The fourth-order valence-electron chi connectivity index (χ4n) is 24.9. The third-order valence-corrected chi connectivity index (χ3v) is 30.9. The molecule has 0 N–H and O–H groups in total. The zero-order chi connectivity index (χ0) is 95.9. The van der Waals surface area contributed by atoms with E-state index in [2.05, 4.69) is 449 Å². The average Bonchev–Trinajstić information content (AvgIpc) is 1.52. The van der Waals surface area contributed by atoms with Gasteiger partial charge in [0.15, 0.2) is 5.82 Å². The van der Waals surface area contributed by atoms with Crippen molar-refractivity contribution >= 4 is 203 Å². The van der Waals surface area contributed by atoms with E-state index in [0.717, 1.165) is 177 Å². The van der Waals surface area contributed by atoms with Crippen molar-refractivity contribution in [2.24, 2.45) is 0 Å². The highest BCUT2D eigenvalue weighted by Crippen LogP contribution is 2.59. The van der Waals surface area contributed by atoms with Gasteiger partial charge in [-0.3, -0.25) is 9.13 Å². The van der Waals surface area contributed by atoms with Crippen molar-refractivity contribution in [3.05, 3.63) is 473 Å². The molecule has 31 aromatic rings. The molecular weight excluding hydrogens is 1790 g/mol. The summed E-state index contributed by atoms with van der Waals surface area (Å²) in [5.41, 5.74) is 40.2. The maximum Gasteiger partial charge on any atom is 0.235 e. The molecule has 8 heterocycles. The Balaban J connectivity index is 0.0000000985. The Labute approximate surface area is 839 Å². The number of nitrogens with zero attached hydrogens (tertiary/aromatic N) is 8. The van der Waals surface area contributed by atoms with E-state index in [1.54, 1.807) is 0 Å². The van der Waals surface area contributed by atoms with E-state index in [9.17, 15) is 0 Å². The van der Waals surface area contributed by atoms with Crippen molar-refractivity contribution < 1.29 is 13.3 Å². The standard InChI is InChI=1S/C52H32N2O.2C42H23N3O/c1-3-13-35(14-4-1)53(36-15-5-2-6-16-36)37-29-25-33(26-30-37)34-27-31-38(32-28-34)54-45-23-12-21-42-40-18-8-7-17-39(40)41-20-11-22-44-47(41)50(48(42)45)51(54)49-43-19-9-10-24-46(43)55-52(44)49;1-2-12-24(13-3-1)39-42(44-32-21-8-7-20-31(32)43-39)45-33-22-11-18-28-26-15-5-4-14-25(26)27-17-10-19-30-35(27)38(36(28)33)40(45)37-29-16-6-9-23-34(29)46-41(30)37;1-2-12-24(13-3-1)39-29-16-6-8-21-32(29)43-42(44-39)45-33-22-11-19-28-26-15-5-4-14-25(26)27-18-10-20-31-35(27)38(36(28)33)40(45)37-30-17-7-9-23-34(30)46-41(31)37/h1-32H;2*1-23H. The number of furan rings is 3. The summed E-state index contributed by atoms with van der Waals surface area (Å²) in [5, 5.41) is 22.2. The Morgan fingerprint density at radius 2 is 0.483 bits per heavy atom. The molecule has 0 spiro atoms. The highest BCUT2D eigenvalue weighted by atomic mass is 16.3. The van der Waals surface area contributed by atoms with Crippen molar-refractivity contribution in [2.75, 3.05) is 4.90 Å². The molecule has 0 aliphatic heterocycles. The fourth-order valence-corrected chi connectivity index (χ4v) is 24.9. The summed E-state index contributed by atoms with van der Waals surface area (Å²) in [4.78, 5) is 23.7. The van der Waals surface area contributed by atoms with Gasteiger partial charge in [0.25, 0.3) is 0 Å². The smallest absolute Gasteiger partial charge is 0.235 e. The van der Waals surface area contributed by atoms with Crippen molar-refractivity contribution in [1.82, 2.24) is 33.6 Å². The van der Waals surface area contributed by atoms with E-state index in [-0.39, 0.29) is 0 Å². The quantitative estimate of drug-likeness (QED) is 0.141. The minimum atomic E-state index is 0.645. The second kappa shape index (κ2) is 31.3. The van der Waals surface area contributed by atoms with E-state index in [0.29, 0.717) is 5.95 Å². The van der Waals surface area contributed by atoms with E-state index < -0.39 is 0 Å². The van der Waals surface area contributed by atoms with Gasteiger partial charge in [-0.25, -0.2) is 19.9 Å². The van der Waals surface area contributed by atoms with E-state index in [4.69, 9.17) is 33.2 Å². The molecule has 680 valence electrons. The van der Waals surface area contributed by atoms with Crippen LogP contribution in [0.3, 0.4) is 0 Å². The molecule has 0 saturated carbocycles. The molecule has 0 atom stereocenters. The molecule has 0 fully saturated rings. The van der Waals surface area contributed by atoms with E-state index in [1.807, 2.05) is 42.5 Å². The van der Waals surface area contributed by atoms with Crippen LogP contribution in [0.5, 0.6) is 0 Å². The van der Waals surface area contributed by atoms with Gasteiger partial charge < -0.3 is 22.7 Å². The highest BCUT2D eigenvalue weighted by Gasteiger charge is 2.36. The lowest BCUT2D eigenvalue weighted by Gasteiger charge is -2.25. The molecule has 34 rings (SSSR count). The van der Waals surface area contributed by atoms with Crippen molar-refractivity contribution in [2.45, 2.75) is 0 Å². The summed E-state index contributed by atoms with van der Waals surface area (Å²) < 4.78 is 27.5. The van der Waals surface area contributed by atoms with Crippen LogP contribution in [0.25, 0.3) is 303 Å². The number of fused-ring (bicyclic) bond motifs is 26. The second-order valence-electron chi connectivity index (χ2n) is 38.6. The summed E-state index contributed by atoms with van der Waals surface area (Å²) in [5.74, 6) is 1.45. The first kappa shape index (κ1) is 80.9. The third kappa shape index (κ3) is 11.7. The highest BCUT2D eigenvalue weighted by molar-refractivity contribution is 6.44. The summed E-state index contributed by atoms with van der Waals surface area (Å²) >= 11 is 0. The van der Waals surface area contributed by atoms with Crippen LogP contribution in [-0.4, -0.2) is 33.6 Å². The van der Waals surface area contributed by atoms with Crippen LogP contribution >= 0.6 is 0 Å². The second-order valence-corrected chi connectivity index (χ2v) is 38.6. The predicted molar refractivity (Wildman–Crippen MR) is 607 cm³/mol. The molecule has 8 aromatic heterocycles. The van der Waals surface area contributed by atoms with E-state index >= 15 is 0 Å². The van der Waals surface area contributed by atoms with Crippen LogP contribution in [0.1, 0.15) is 0 Å². The maximum absolute atomic E-state index is 6.81. The number of para-hydroxylation sites is 8. The van der Waals surface area contributed by atoms with Gasteiger partial charge >= 0.3 is 0 Å². The van der Waals surface area contributed by atoms with Crippen LogP contribution < -0.4 is 4.90 Å². The van der Waals surface area contributed by atoms with Gasteiger partial charge in [-0.2, -0.15) is 0 Å². The SMILES string of the molecule is c1ccc(-c2nc(-n3c4cccc5c4c4c6c(cccc6c6oc7ccccc7c6c43)-c3ccccc3-5)nc3ccccc23)cc1.c1ccc(-c2nc3ccccc3nc2-n2c3cccc4c3c3c5c(cccc5c5oc6ccccc6c5c32)-c2ccccc2-4)cc1.c1ccc(N(c2ccccc2)c2ccc(-c3ccc(-n4c5cccc6c5c5c7c(cccc7c7oc8ccccc8c7c54)-c4ccccc4-6)cc3)cc2)cc1. The van der Waals surface area contributed by atoms with Gasteiger partial charge in [-0.1, -0.05) is 370 Å². The molecule has 0 amide bonds. The summed E-state index contributed by atoms with van der Waals surface area (Å²) in [6, 6.07) is 168. The Bertz CT molecular complexity index is 11100. The molecule has 23 aromatic carbocycles. The van der Waals surface area contributed by atoms with Crippen molar-refractivity contribution in [3.63, 3.8) is 0 Å². The largest absolute Gasteiger partial charge is 0.455 e. The molecule has 0 bridgehead atoms. The van der Waals surface area contributed by atoms with Crippen LogP contribution in [0, 0.1) is 0 Å². The zero-order valence-electron chi connectivity index (χ0n) is 78.8. The Morgan fingerprint density at radius 1 is 0.177 bits per heavy atom. The van der Waals surface area contributed by atoms with Crippen LogP contribution in [0.4, 0.5) is 17.1 Å². The van der Waals surface area contributed by atoms with Crippen LogP contribution in [0.2, 0.25) is 0 Å². The van der Waals surface area contributed by atoms with Crippen LogP contribution in [-0.2, 0) is 0 Å². The zero-order valence-corrected chi connectivity index (χ0v) is 78.8. The molecule has 0 saturated heterocycles. The molecule has 11 nitrogen and oxygen atoms in total. The molecule has 3 aliphatic rings. The first-order valence-electron chi connectivity index (χ1n) is 50.1. The number of benzene rings is 23.